The van der Waals surface area contributed by atoms with Gasteiger partial charge in [0, 0.05) is 18.3 Å². The van der Waals surface area contributed by atoms with Gasteiger partial charge >= 0.3 is 0 Å². The highest BCUT2D eigenvalue weighted by Crippen LogP contribution is 2.29. The van der Waals surface area contributed by atoms with E-state index < -0.39 is 4.92 Å². The monoisotopic (exact) mass is 297 g/mol. The van der Waals surface area contributed by atoms with Crippen molar-refractivity contribution < 1.29 is 9.72 Å². The quantitative estimate of drug-likeness (QED) is 0.631. The van der Waals surface area contributed by atoms with Crippen molar-refractivity contribution in [3.05, 3.63) is 63.5 Å². The van der Waals surface area contributed by atoms with Gasteiger partial charge in [-0.25, -0.2) is 0 Å². The molecule has 6 nitrogen and oxygen atoms in total. The Morgan fingerprint density at radius 1 is 1.36 bits per heavy atom. The number of carbonyl (C=O) groups is 1. The average Bonchev–Trinajstić information content (AvgIpc) is 2.54. The highest BCUT2D eigenvalue weighted by atomic mass is 16.6. The van der Waals surface area contributed by atoms with E-state index in [9.17, 15) is 14.9 Å². The van der Waals surface area contributed by atoms with Gasteiger partial charge in [0.2, 0.25) is 0 Å². The summed E-state index contributed by atoms with van der Waals surface area (Å²) in [5, 5.41) is 10.9. The second-order valence-corrected chi connectivity index (χ2v) is 5.27. The zero-order valence-corrected chi connectivity index (χ0v) is 12.2. The van der Waals surface area contributed by atoms with Gasteiger partial charge in [-0.1, -0.05) is 18.2 Å². The number of carbonyl (C=O) groups excluding carboxylic acids is 1. The highest BCUT2D eigenvalue weighted by Gasteiger charge is 2.26. The van der Waals surface area contributed by atoms with Crippen LogP contribution in [0.4, 0.5) is 11.4 Å². The van der Waals surface area contributed by atoms with Crippen molar-refractivity contribution in [2.45, 2.75) is 19.8 Å². The first-order valence-electron chi connectivity index (χ1n) is 7.09. The third kappa shape index (κ3) is 2.43. The fraction of sp³-hybridized carbons (Fsp3) is 0.250. The summed E-state index contributed by atoms with van der Waals surface area (Å²) in [7, 11) is 0. The van der Waals surface area contributed by atoms with Gasteiger partial charge in [-0.2, -0.15) is 0 Å². The molecule has 1 aliphatic heterocycles. The van der Waals surface area contributed by atoms with E-state index >= 15 is 0 Å². The van der Waals surface area contributed by atoms with E-state index in [0.29, 0.717) is 12.2 Å². The molecule has 2 heterocycles. The number of para-hydroxylation sites is 1. The lowest BCUT2D eigenvalue weighted by Crippen LogP contribution is -2.36. The highest BCUT2D eigenvalue weighted by molar-refractivity contribution is 6.07. The van der Waals surface area contributed by atoms with Crippen LogP contribution in [-0.2, 0) is 6.42 Å². The standard InChI is InChI=1S/C16H15N3O3/c1-11-14(9-13(10-17-11)19(21)22)16(20)18-8-4-6-12-5-2-3-7-15(12)18/h2-3,5,7,9-10H,4,6,8H2,1H3. The van der Waals surface area contributed by atoms with Gasteiger partial charge in [0.15, 0.2) is 0 Å². The maximum absolute atomic E-state index is 12.8. The summed E-state index contributed by atoms with van der Waals surface area (Å²) in [5.41, 5.74) is 2.62. The van der Waals surface area contributed by atoms with Gasteiger partial charge in [-0.05, 0) is 31.4 Å². The topological polar surface area (TPSA) is 76.3 Å². The van der Waals surface area contributed by atoms with E-state index in [0.717, 1.165) is 24.1 Å². The largest absolute Gasteiger partial charge is 0.308 e. The predicted molar refractivity (Wildman–Crippen MR) is 82.1 cm³/mol. The number of anilines is 1. The first kappa shape index (κ1) is 14.2. The molecule has 1 amide bonds. The van der Waals surface area contributed by atoms with Crippen LogP contribution in [0.1, 0.15) is 28.0 Å². The molecule has 3 rings (SSSR count). The second kappa shape index (κ2) is 5.55. The lowest BCUT2D eigenvalue weighted by Gasteiger charge is -2.29. The zero-order valence-electron chi connectivity index (χ0n) is 12.2. The number of hydrogen-bond acceptors (Lipinski definition) is 4. The Labute approximate surface area is 127 Å². The van der Waals surface area contributed by atoms with Crippen LogP contribution in [-0.4, -0.2) is 22.4 Å². The third-order valence-electron chi connectivity index (χ3n) is 3.87. The second-order valence-electron chi connectivity index (χ2n) is 5.27. The van der Waals surface area contributed by atoms with Crippen LogP contribution < -0.4 is 4.90 Å². The van der Waals surface area contributed by atoms with Crippen molar-refractivity contribution in [3.63, 3.8) is 0 Å². The van der Waals surface area contributed by atoms with Crippen molar-refractivity contribution in [1.82, 2.24) is 4.98 Å². The number of pyridine rings is 1. The number of rotatable bonds is 2. The van der Waals surface area contributed by atoms with Crippen LogP contribution in [0.5, 0.6) is 0 Å². The van der Waals surface area contributed by atoms with Gasteiger partial charge in [-0.3, -0.25) is 19.9 Å². The summed E-state index contributed by atoms with van der Waals surface area (Å²) in [6.07, 6.45) is 2.99. The molecule has 0 radical (unpaired) electrons. The lowest BCUT2D eigenvalue weighted by molar-refractivity contribution is -0.385. The Morgan fingerprint density at radius 2 is 2.14 bits per heavy atom. The third-order valence-corrected chi connectivity index (χ3v) is 3.87. The molecular formula is C16H15N3O3. The minimum absolute atomic E-state index is 0.167. The number of fused-ring (bicyclic) bond motifs is 1. The number of nitro groups is 1. The van der Waals surface area contributed by atoms with E-state index in [2.05, 4.69) is 4.98 Å². The maximum Gasteiger partial charge on any atom is 0.288 e. The predicted octanol–water partition coefficient (Wildman–Crippen LogP) is 2.89. The molecule has 0 fully saturated rings. The van der Waals surface area contributed by atoms with Crippen molar-refractivity contribution >= 4 is 17.3 Å². The number of nitrogens with zero attached hydrogens (tertiary/aromatic N) is 3. The Balaban J connectivity index is 2.02. The fourth-order valence-electron chi connectivity index (χ4n) is 2.73. The lowest BCUT2D eigenvalue weighted by atomic mass is 10.0. The molecule has 6 heteroatoms. The van der Waals surface area contributed by atoms with Crippen LogP contribution in [0.25, 0.3) is 0 Å². The van der Waals surface area contributed by atoms with E-state index in [4.69, 9.17) is 0 Å². The SMILES string of the molecule is Cc1ncc([N+](=O)[O-])cc1C(=O)N1CCCc2ccccc21. The van der Waals surface area contributed by atoms with Crippen LogP contribution in [0.3, 0.4) is 0 Å². The molecule has 1 aromatic carbocycles. The van der Waals surface area contributed by atoms with E-state index in [-0.39, 0.29) is 17.2 Å². The molecule has 0 saturated heterocycles. The number of aryl methyl sites for hydroxylation is 2. The molecule has 0 N–H and O–H groups in total. The van der Waals surface area contributed by atoms with E-state index in [1.165, 1.54) is 12.3 Å². The Kier molecular flexibility index (Phi) is 3.58. The summed E-state index contributed by atoms with van der Waals surface area (Å²) in [6, 6.07) is 9.07. The molecule has 1 aliphatic rings. The summed E-state index contributed by atoms with van der Waals surface area (Å²) in [5.74, 6) is -0.235. The van der Waals surface area contributed by atoms with Crippen LogP contribution in [0.2, 0.25) is 0 Å². The molecule has 0 spiro atoms. The van der Waals surface area contributed by atoms with E-state index in [1.54, 1.807) is 11.8 Å². The normalized spacial score (nSPS) is 13.6. The van der Waals surface area contributed by atoms with Gasteiger partial charge in [-0.15, -0.1) is 0 Å². The van der Waals surface area contributed by atoms with Crippen molar-refractivity contribution in [3.8, 4) is 0 Å². The summed E-state index contributed by atoms with van der Waals surface area (Å²) < 4.78 is 0. The minimum Gasteiger partial charge on any atom is -0.308 e. The van der Waals surface area contributed by atoms with Crippen LogP contribution in [0, 0.1) is 17.0 Å². The molecule has 0 saturated carbocycles. The Hall–Kier alpha value is -2.76. The van der Waals surface area contributed by atoms with Crippen LogP contribution >= 0.6 is 0 Å². The molecule has 0 bridgehead atoms. The molecule has 0 aliphatic carbocycles. The van der Waals surface area contributed by atoms with E-state index in [1.807, 2.05) is 24.3 Å². The van der Waals surface area contributed by atoms with Gasteiger partial charge < -0.3 is 4.90 Å². The maximum atomic E-state index is 12.8. The average molecular weight is 297 g/mol. The van der Waals surface area contributed by atoms with Gasteiger partial charge in [0.25, 0.3) is 11.6 Å². The molecule has 112 valence electrons. The van der Waals surface area contributed by atoms with Gasteiger partial charge in [0.05, 0.1) is 16.2 Å². The smallest absolute Gasteiger partial charge is 0.288 e. The first-order valence-corrected chi connectivity index (χ1v) is 7.09. The van der Waals surface area contributed by atoms with Crippen molar-refractivity contribution in [2.24, 2.45) is 0 Å². The molecule has 1 aromatic heterocycles. The summed E-state index contributed by atoms with van der Waals surface area (Å²) >= 11 is 0. The zero-order chi connectivity index (χ0) is 15.7. The summed E-state index contributed by atoms with van der Waals surface area (Å²) in [4.78, 5) is 28.9. The Morgan fingerprint density at radius 3 is 2.91 bits per heavy atom. The number of benzene rings is 1. The minimum atomic E-state index is -0.534. The molecule has 22 heavy (non-hydrogen) atoms. The number of aromatic nitrogens is 1. The Bertz CT molecular complexity index is 758. The molecule has 2 aromatic rings. The summed E-state index contributed by atoms with van der Waals surface area (Å²) in [6.45, 7) is 2.30. The molecule has 0 unspecified atom stereocenters. The van der Waals surface area contributed by atoms with Crippen LogP contribution in [0.15, 0.2) is 36.5 Å². The van der Waals surface area contributed by atoms with Crippen molar-refractivity contribution in [2.75, 3.05) is 11.4 Å². The molecular weight excluding hydrogens is 282 g/mol. The number of hydrogen-bond donors (Lipinski definition) is 0. The van der Waals surface area contributed by atoms with Crippen molar-refractivity contribution in [1.29, 1.82) is 0 Å². The fourth-order valence-corrected chi connectivity index (χ4v) is 2.73. The first-order chi connectivity index (χ1) is 10.6. The van der Waals surface area contributed by atoms with Gasteiger partial charge in [0.1, 0.15) is 6.20 Å². The molecule has 0 atom stereocenters. The number of amides is 1.